The van der Waals surface area contributed by atoms with Gasteiger partial charge in [-0.2, -0.15) is 13.2 Å². The summed E-state index contributed by atoms with van der Waals surface area (Å²) in [5.74, 6) is -1.01. The van der Waals surface area contributed by atoms with Crippen molar-refractivity contribution < 1.29 is 35.9 Å². The van der Waals surface area contributed by atoms with Gasteiger partial charge >= 0.3 is 12.3 Å². The number of nitrogens with one attached hydrogen (secondary N) is 1. The number of sulfone groups is 1. The summed E-state index contributed by atoms with van der Waals surface area (Å²) in [6.45, 7) is 0.777. The van der Waals surface area contributed by atoms with Crippen molar-refractivity contribution in [1.29, 1.82) is 0 Å². The molecule has 3 aromatic rings. The molecule has 1 atom stereocenters. The van der Waals surface area contributed by atoms with E-state index in [1.807, 2.05) is 0 Å². The van der Waals surface area contributed by atoms with Crippen molar-refractivity contribution in [3.05, 3.63) is 53.6 Å². The predicted molar refractivity (Wildman–Crippen MR) is 125 cm³/mol. The average Bonchev–Trinajstić information content (AvgIpc) is 3.36. The highest BCUT2D eigenvalue weighted by atomic mass is 32.2. The van der Waals surface area contributed by atoms with Crippen molar-refractivity contribution in [2.75, 3.05) is 34.9 Å². The Morgan fingerprint density at radius 3 is 2.67 bits per heavy atom. The fraction of sp³-hybridized carbons (Fsp3) is 0.348. The highest BCUT2D eigenvalue weighted by Crippen LogP contribution is 2.34. The third-order valence-electron chi connectivity index (χ3n) is 6.21. The van der Waals surface area contributed by atoms with Crippen LogP contribution < -0.4 is 10.2 Å². The lowest BCUT2D eigenvalue weighted by atomic mass is 10.1. The van der Waals surface area contributed by atoms with Gasteiger partial charge in [-0.05, 0) is 49.2 Å². The maximum Gasteiger partial charge on any atom is 0.416 e. The average molecular weight is 523 g/mol. The van der Waals surface area contributed by atoms with Crippen LogP contribution in [0, 0.1) is 0 Å². The molecule has 2 aliphatic rings. The van der Waals surface area contributed by atoms with Gasteiger partial charge in [0, 0.05) is 17.8 Å². The number of alkyl halides is 3. The standard InChI is InChI=1S/C23H21F3N4O5S/c24-23(25,26)15-4-1-3-14(11-15)20(31)28-21-27-18-12-16(29-8-2-9-35-22(29)32)5-6-19(18)30(21)17-7-10-36(33,34)13-17/h1,3-6,11-12,17H,2,7-10,13H2,(H,27,28,31). The molecular formula is C23H21F3N4O5S. The van der Waals surface area contributed by atoms with Crippen LogP contribution in [0.3, 0.4) is 0 Å². The van der Waals surface area contributed by atoms with E-state index in [9.17, 15) is 31.2 Å². The predicted octanol–water partition coefficient (Wildman–Crippen LogP) is 4.01. The molecule has 0 aliphatic carbocycles. The third kappa shape index (κ3) is 4.62. The summed E-state index contributed by atoms with van der Waals surface area (Å²) in [5.41, 5.74) is 0.231. The van der Waals surface area contributed by atoms with Crippen LogP contribution in [0.25, 0.3) is 11.0 Å². The first-order valence-corrected chi connectivity index (χ1v) is 13.0. The number of nitrogens with zero attached hydrogens (tertiary/aromatic N) is 3. The lowest BCUT2D eigenvalue weighted by Crippen LogP contribution is -2.37. The highest BCUT2D eigenvalue weighted by molar-refractivity contribution is 7.91. The first kappa shape index (κ1) is 24.1. The summed E-state index contributed by atoms with van der Waals surface area (Å²) in [4.78, 5) is 31.0. The Morgan fingerprint density at radius 2 is 1.97 bits per heavy atom. The molecule has 1 unspecified atom stereocenters. The van der Waals surface area contributed by atoms with E-state index >= 15 is 0 Å². The Balaban J connectivity index is 1.54. The topological polar surface area (TPSA) is 111 Å². The normalized spacial score (nSPS) is 19.9. The number of benzene rings is 2. The molecule has 2 fully saturated rings. The molecule has 0 radical (unpaired) electrons. The number of cyclic esters (lactones) is 1. The summed E-state index contributed by atoms with van der Waals surface area (Å²) < 4.78 is 70.4. The molecule has 1 N–H and O–H groups in total. The zero-order valence-corrected chi connectivity index (χ0v) is 19.6. The Kier molecular flexibility index (Phi) is 5.89. The summed E-state index contributed by atoms with van der Waals surface area (Å²) in [7, 11) is -3.30. The summed E-state index contributed by atoms with van der Waals surface area (Å²) in [6.07, 6.45) is -4.18. The monoisotopic (exact) mass is 522 g/mol. The van der Waals surface area contributed by atoms with Gasteiger partial charge in [-0.25, -0.2) is 18.2 Å². The van der Waals surface area contributed by atoms with E-state index in [-0.39, 0.29) is 23.0 Å². The minimum atomic E-state index is -4.62. The second-order valence-corrected chi connectivity index (χ2v) is 10.9. The Hall–Kier alpha value is -3.61. The van der Waals surface area contributed by atoms with Crippen molar-refractivity contribution >= 4 is 44.5 Å². The maximum atomic E-state index is 13.1. The first-order chi connectivity index (χ1) is 17.0. The number of aromatic nitrogens is 2. The molecule has 0 saturated carbocycles. The fourth-order valence-corrected chi connectivity index (χ4v) is 6.19. The molecule has 9 nitrogen and oxygen atoms in total. The minimum absolute atomic E-state index is 0.00730. The number of hydrogen-bond donors (Lipinski definition) is 1. The van der Waals surface area contributed by atoms with Gasteiger partial charge in [0.1, 0.15) is 0 Å². The SMILES string of the molecule is O=C(Nc1nc2cc(N3CCCOC3=O)ccc2n1C1CCS(=O)(=O)C1)c1cccc(C(F)(F)F)c1. The number of halogens is 3. The van der Waals surface area contributed by atoms with Crippen molar-refractivity contribution in [3.8, 4) is 0 Å². The van der Waals surface area contributed by atoms with Gasteiger partial charge in [-0.1, -0.05) is 6.07 Å². The Labute approximate surface area is 203 Å². The Morgan fingerprint density at radius 1 is 1.17 bits per heavy atom. The zero-order valence-electron chi connectivity index (χ0n) is 18.8. The van der Waals surface area contributed by atoms with Crippen LogP contribution in [0.1, 0.15) is 34.8 Å². The van der Waals surface area contributed by atoms with Crippen LogP contribution in [0.2, 0.25) is 0 Å². The van der Waals surface area contributed by atoms with Crippen LogP contribution >= 0.6 is 0 Å². The lowest BCUT2D eigenvalue weighted by Gasteiger charge is -2.26. The number of anilines is 2. The number of ether oxygens (including phenoxy) is 1. The number of amides is 2. The fourth-order valence-electron chi connectivity index (χ4n) is 4.49. The number of fused-ring (bicyclic) bond motifs is 1. The molecule has 3 heterocycles. The largest absolute Gasteiger partial charge is 0.449 e. The van der Waals surface area contributed by atoms with E-state index in [0.717, 1.165) is 18.2 Å². The van der Waals surface area contributed by atoms with E-state index in [4.69, 9.17) is 4.74 Å². The highest BCUT2D eigenvalue weighted by Gasteiger charge is 2.34. The molecule has 0 spiro atoms. The number of imidazole rings is 1. The van der Waals surface area contributed by atoms with Crippen molar-refractivity contribution in [2.45, 2.75) is 25.1 Å². The molecule has 13 heteroatoms. The molecule has 2 aliphatic heterocycles. The molecule has 2 aromatic carbocycles. The minimum Gasteiger partial charge on any atom is -0.449 e. The summed E-state index contributed by atoms with van der Waals surface area (Å²) in [5, 5.41) is 2.55. The number of rotatable bonds is 4. The van der Waals surface area contributed by atoms with Gasteiger partial charge in [-0.15, -0.1) is 0 Å². The third-order valence-corrected chi connectivity index (χ3v) is 7.96. The van der Waals surface area contributed by atoms with Gasteiger partial charge in [0.2, 0.25) is 5.95 Å². The van der Waals surface area contributed by atoms with Gasteiger partial charge in [-0.3, -0.25) is 15.0 Å². The number of carbonyl (C=O) groups excluding carboxylic acids is 2. The molecular weight excluding hydrogens is 501 g/mol. The van der Waals surface area contributed by atoms with Crippen LogP contribution in [0.15, 0.2) is 42.5 Å². The molecule has 36 heavy (non-hydrogen) atoms. The second-order valence-electron chi connectivity index (χ2n) is 8.69. The molecule has 5 rings (SSSR count). The van der Waals surface area contributed by atoms with E-state index < -0.39 is 39.6 Å². The van der Waals surface area contributed by atoms with Gasteiger partial charge in [0.05, 0.1) is 40.8 Å². The van der Waals surface area contributed by atoms with E-state index in [0.29, 0.717) is 42.7 Å². The Bertz CT molecular complexity index is 1470. The first-order valence-electron chi connectivity index (χ1n) is 11.2. The molecule has 2 saturated heterocycles. The van der Waals surface area contributed by atoms with Crippen LogP contribution in [-0.2, 0) is 20.8 Å². The van der Waals surface area contributed by atoms with E-state index in [1.165, 1.54) is 11.0 Å². The molecule has 0 bridgehead atoms. The van der Waals surface area contributed by atoms with Crippen molar-refractivity contribution in [1.82, 2.24) is 9.55 Å². The quantitative estimate of drug-likeness (QED) is 0.554. The van der Waals surface area contributed by atoms with Crippen LogP contribution in [0.4, 0.5) is 29.6 Å². The van der Waals surface area contributed by atoms with E-state index in [2.05, 4.69) is 10.3 Å². The zero-order chi connectivity index (χ0) is 25.7. The summed E-state index contributed by atoms with van der Waals surface area (Å²) in [6, 6.07) is 8.43. The van der Waals surface area contributed by atoms with Crippen LogP contribution in [-0.4, -0.2) is 54.6 Å². The van der Waals surface area contributed by atoms with Crippen LogP contribution in [0.5, 0.6) is 0 Å². The second kappa shape index (κ2) is 8.80. The lowest BCUT2D eigenvalue weighted by molar-refractivity contribution is -0.137. The molecule has 190 valence electrons. The smallest absolute Gasteiger partial charge is 0.416 e. The summed E-state index contributed by atoms with van der Waals surface area (Å²) >= 11 is 0. The van der Waals surface area contributed by atoms with Gasteiger partial charge in [0.15, 0.2) is 9.84 Å². The number of hydrogen-bond acceptors (Lipinski definition) is 6. The van der Waals surface area contributed by atoms with Gasteiger partial charge in [0.25, 0.3) is 5.91 Å². The van der Waals surface area contributed by atoms with Gasteiger partial charge < -0.3 is 9.30 Å². The maximum absolute atomic E-state index is 13.1. The van der Waals surface area contributed by atoms with Crippen molar-refractivity contribution in [3.63, 3.8) is 0 Å². The molecule has 2 amide bonds. The van der Waals surface area contributed by atoms with Crippen molar-refractivity contribution in [2.24, 2.45) is 0 Å². The van der Waals surface area contributed by atoms with E-state index in [1.54, 1.807) is 22.8 Å². The molecule has 1 aromatic heterocycles. The number of carbonyl (C=O) groups is 2.